The molecule has 144 valence electrons. The first-order valence-corrected chi connectivity index (χ1v) is 8.77. The number of amides is 1. The van der Waals surface area contributed by atoms with E-state index >= 15 is 0 Å². The van der Waals surface area contributed by atoms with Crippen molar-refractivity contribution in [2.24, 2.45) is 0 Å². The summed E-state index contributed by atoms with van der Waals surface area (Å²) >= 11 is 0. The zero-order valence-electron chi connectivity index (χ0n) is 15.2. The molecule has 0 aliphatic carbocycles. The SMILES string of the molecule is O=C(NCc1cccc(-c2noc(CO)n2)c1)c1cnc(-c2ccccn2)nc1. The molecule has 0 atom stereocenters. The molecular formula is C20H16N6O3. The van der Waals surface area contributed by atoms with Gasteiger partial charge in [-0.05, 0) is 23.8 Å². The van der Waals surface area contributed by atoms with Gasteiger partial charge in [-0.15, -0.1) is 0 Å². The molecule has 0 unspecified atom stereocenters. The Bertz CT molecular complexity index is 1110. The van der Waals surface area contributed by atoms with Crippen molar-refractivity contribution in [3.63, 3.8) is 0 Å². The molecule has 0 aliphatic rings. The lowest BCUT2D eigenvalue weighted by Crippen LogP contribution is -2.23. The summed E-state index contributed by atoms with van der Waals surface area (Å²) in [4.78, 5) is 29.1. The van der Waals surface area contributed by atoms with E-state index in [1.54, 1.807) is 12.3 Å². The maximum absolute atomic E-state index is 12.4. The molecule has 0 fully saturated rings. The highest BCUT2D eigenvalue weighted by Gasteiger charge is 2.11. The summed E-state index contributed by atoms with van der Waals surface area (Å²) in [6.07, 6.45) is 4.60. The van der Waals surface area contributed by atoms with Gasteiger partial charge in [0.25, 0.3) is 11.8 Å². The lowest BCUT2D eigenvalue weighted by molar-refractivity contribution is 0.0950. The number of nitrogens with zero attached hydrogens (tertiary/aromatic N) is 5. The van der Waals surface area contributed by atoms with Crippen LogP contribution in [0.4, 0.5) is 0 Å². The molecule has 9 heteroatoms. The van der Waals surface area contributed by atoms with E-state index in [0.29, 0.717) is 29.5 Å². The van der Waals surface area contributed by atoms with E-state index in [9.17, 15) is 4.79 Å². The number of aliphatic hydroxyl groups excluding tert-OH is 1. The minimum atomic E-state index is -0.316. The lowest BCUT2D eigenvalue weighted by Gasteiger charge is -2.06. The fourth-order valence-electron chi connectivity index (χ4n) is 2.61. The van der Waals surface area contributed by atoms with Crippen LogP contribution >= 0.6 is 0 Å². The molecule has 0 saturated carbocycles. The van der Waals surface area contributed by atoms with Crippen LogP contribution in [0.25, 0.3) is 22.9 Å². The van der Waals surface area contributed by atoms with Crippen LogP contribution in [0.3, 0.4) is 0 Å². The predicted octanol–water partition coefficient (Wildman–Crippen LogP) is 2.01. The maximum atomic E-state index is 12.4. The van der Waals surface area contributed by atoms with E-state index in [1.807, 2.05) is 36.4 Å². The van der Waals surface area contributed by atoms with Crippen molar-refractivity contribution in [3.05, 3.63) is 78.1 Å². The average molecular weight is 388 g/mol. The van der Waals surface area contributed by atoms with Crippen LogP contribution in [0.5, 0.6) is 0 Å². The van der Waals surface area contributed by atoms with Gasteiger partial charge in [-0.3, -0.25) is 9.78 Å². The molecule has 0 aliphatic heterocycles. The van der Waals surface area contributed by atoms with Gasteiger partial charge in [0, 0.05) is 30.7 Å². The van der Waals surface area contributed by atoms with Crippen molar-refractivity contribution in [1.82, 2.24) is 30.4 Å². The molecular weight excluding hydrogens is 372 g/mol. The van der Waals surface area contributed by atoms with Crippen LogP contribution in [0.15, 0.2) is 65.6 Å². The molecule has 3 heterocycles. The number of hydrogen-bond acceptors (Lipinski definition) is 8. The van der Waals surface area contributed by atoms with Crippen LogP contribution in [0, 0.1) is 0 Å². The first-order chi connectivity index (χ1) is 14.2. The summed E-state index contributed by atoms with van der Waals surface area (Å²) in [6, 6.07) is 12.8. The lowest BCUT2D eigenvalue weighted by atomic mass is 10.1. The molecule has 29 heavy (non-hydrogen) atoms. The monoisotopic (exact) mass is 388 g/mol. The summed E-state index contributed by atoms with van der Waals surface area (Å²) in [7, 11) is 0. The van der Waals surface area contributed by atoms with Crippen LogP contribution in [0.1, 0.15) is 21.8 Å². The smallest absolute Gasteiger partial charge is 0.254 e. The van der Waals surface area contributed by atoms with E-state index in [2.05, 4.69) is 30.4 Å². The average Bonchev–Trinajstić information content (AvgIpc) is 3.28. The summed E-state index contributed by atoms with van der Waals surface area (Å²) in [6.45, 7) is -0.0106. The minimum absolute atomic E-state index is 0.146. The number of aliphatic hydroxyl groups is 1. The molecule has 2 N–H and O–H groups in total. The summed E-state index contributed by atoms with van der Waals surface area (Å²) < 4.78 is 4.91. The van der Waals surface area contributed by atoms with Crippen molar-refractivity contribution in [3.8, 4) is 22.9 Å². The number of aromatic nitrogens is 5. The van der Waals surface area contributed by atoms with Gasteiger partial charge in [-0.2, -0.15) is 4.98 Å². The normalized spacial score (nSPS) is 10.7. The van der Waals surface area contributed by atoms with Crippen molar-refractivity contribution in [2.75, 3.05) is 0 Å². The summed E-state index contributed by atoms with van der Waals surface area (Å²) in [5.74, 6) is 0.691. The van der Waals surface area contributed by atoms with E-state index in [4.69, 9.17) is 9.63 Å². The Hall–Kier alpha value is -3.98. The first kappa shape index (κ1) is 18.4. The number of rotatable bonds is 6. The third-order valence-electron chi connectivity index (χ3n) is 4.05. The Morgan fingerprint density at radius 1 is 1.03 bits per heavy atom. The topological polar surface area (TPSA) is 127 Å². The first-order valence-electron chi connectivity index (χ1n) is 8.77. The van der Waals surface area contributed by atoms with Gasteiger partial charge in [0.1, 0.15) is 12.3 Å². The Labute approximate surface area is 165 Å². The second-order valence-electron chi connectivity index (χ2n) is 6.06. The molecule has 3 aromatic heterocycles. The van der Waals surface area contributed by atoms with Gasteiger partial charge in [-0.1, -0.05) is 29.4 Å². The minimum Gasteiger partial charge on any atom is -0.387 e. The van der Waals surface area contributed by atoms with Crippen molar-refractivity contribution >= 4 is 5.91 Å². The van der Waals surface area contributed by atoms with E-state index < -0.39 is 0 Å². The quantitative estimate of drug-likeness (QED) is 0.513. The van der Waals surface area contributed by atoms with Crippen molar-refractivity contribution in [1.29, 1.82) is 0 Å². The highest BCUT2D eigenvalue weighted by molar-refractivity contribution is 5.93. The number of hydrogen-bond donors (Lipinski definition) is 2. The zero-order chi connectivity index (χ0) is 20.1. The van der Waals surface area contributed by atoms with E-state index in [0.717, 1.165) is 11.1 Å². The van der Waals surface area contributed by atoms with Crippen LogP contribution in [-0.4, -0.2) is 36.1 Å². The number of carbonyl (C=O) groups excluding carboxylic acids is 1. The highest BCUT2D eigenvalue weighted by Crippen LogP contribution is 2.17. The second kappa shape index (κ2) is 8.36. The zero-order valence-corrected chi connectivity index (χ0v) is 15.2. The van der Waals surface area contributed by atoms with Crippen LogP contribution < -0.4 is 5.32 Å². The van der Waals surface area contributed by atoms with Crippen LogP contribution in [0.2, 0.25) is 0 Å². The van der Waals surface area contributed by atoms with E-state index in [1.165, 1.54) is 12.4 Å². The molecule has 0 saturated heterocycles. The van der Waals surface area contributed by atoms with Gasteiger partial charge >= 0.3 is 0 Å². The third-order valence-corrected chi connectivity index (χ3v) is 4.05. The number of nitrogens with one attached hydrogen (secondary N) is 1. The fraction of sp³-hybridized carbons (Fsp3) is 0.100. The Balaban J connectivity index is 1.41. The fourth-order valence-corrected chi connectivity index (χ4v) is 2.61. The Kier molecular flexibility index (Phi) is 5.30. The Morgan fingerprint density at radius 3 is 2.62 bits per heavy atom. The van der Waals surface area contributed by atoms with Crippen molar-refractivity contribution < 1.29 is 14.4 Å². The largest absolute Gasteiger partial charge is 0.387 e. The molecule has 0 radical (unpaired) electrons. The number of benzene rings is 1. The van der Waals surface area contributed by atoms with E-state index in [-0.39, 0.29) is 18.4 Å². The summed E-state index contributed by atoms with van der Waals surface area (Å²) in [5.41, 5.74) is 2.58. The summed E-state index contributed by atoms with van der Waals surface area (Å²) in [5, 5.41) is 15.7. The van der Waals surface area contributed by atoms with Gasteiger partial charge in [0.15, 0.2) is 5.82 Å². The van der Waals surface area contributed by atoms with Gasteiger partial charge in [0.2, 0.25) is 5.82 Å². The molecule has 4 rings (SSSR count). The van der Waals surface area contributed by atoms with Gasteiger partial charge in [0.05, 0.1) is 5.56 Å². The second-order valence-corrected chi connectivity index (χ2v) is 6.06. The molecule has 0 bridgehead atoms. The standard InChI is InChI=1S/C20H16N6O3/c27-12-17-25-18(26-29-17)14-5-3-4-13(8-14)9-24-20(28)15-10-22-19(23-11-15)16-6-1-2-7-21-16/h1-8,10-11,27H,9,12H2,(H,24,28). The molecule has 1 aromatic carbocycles. The third kappa shape index (κ3) is 4.30. The number of carbonyl (C=O) groups is 1. The molecule has 4 aromatic rings. The maximum Gasteiger partial charge on any atom is 0.254 e. The highest BCUT2D eigenvalue weighted by atomic mass is 16.5. The molecule has 1 amide bonds. The van der Waals surface area contributed by atoms with Gasteiger partial charge < -0.3 is 14.9 Å². The molecule has 0 spiro atoms. The van der Waals surface area contributed by atoms with Crippen molar-refractivity contribution in [2.45, 2.75) is 13.2 Å². The number of pyridine rings is 1. The predicted molar refractivity (Wildman–Crippen MR) is 102 cm³/mol. The van der Waals surface area contributed by atoms with Gasteiger partial charge in [-0.25, -0.2) is 9.97 Å². The van der Waals surface area contributed by atoms with Crippen LogP contribution in [-0.2, 0) is 13.2 Å². The molecule has 9 nitrogen and oxygen atoms in total. The Morgan fingerprint density at radius 2 is 1.90 bits per heavy atom.